The third kappa shape index (κ3) is 3.39. The first kappa shape index (κ1) is 13.4. The Hall–Kier alpha value is -1.69. The summed E-state index contributed by atoms with van der Waals surface area (Å²) in [6, 6.07) is 1.44. The predicted molar refractivity (Wildman–Crippen MR) is 58.5 cm³/mol. The molecule has 0 radical (unpaired) electrons. The molecular weight excluding hydrogens is 227 g/mol. The van der Waals surface area contributed by atoms with E-state index >= 15 is 0 Å². The molecule has 1 aromatic heterocycles. The molecule has 1 rings (SSSR count). The number of hydrogen-bond acceptors (Lipinski definition) is 4. The lowest BCUT2D eigenvalue weighted by molar-refractivity contribution is 0.0144. The maximum absolute atomic E-state index is 13.1. The highest BCUT2D eigenvalue weighted by Gasteiger charge is 2.21. The number of azide groups is 1. The summed E-state index contributed by atoms with van der Waals surface area (Å²) in [7, 11) is 0. The van der Waals surface area contributed by atoms with Gasteiger partial charge in [-0.3, -0.25) is 0 Å². The summed E-state index contributed by atoms with van der Waals surface area (Å²) in [5.74, 6) is -0.677. The van der Waals surface area contributed by atoms with Crippen LogP contribution in [0.3, 0.4) is 0 Å². The van der Waals surface area contributed by atoms with Gasteiger partial charge in [-0.2, -0.15) is 4.39 Å². The first-order chi connectivity index (χ1) is 8.07. The van der Waals surface area contributed by atoms with Crippen LogP contribution in [0, 0.1) is 12.9 Å². The quantitative estimate of drug-likeness (QED) is 0.354. The molecule has 0 fully saturated rings. The van der Waals surface area contributed by atoms with E-state index in [4.69, 9.17) is 5.53 Å². The van der Waals surface area contributed by atoms with Gasteiger partial charge in [0, 0.05) is 23.2 Å². The second kappa shape index (κ2) is 6.15. The lowest BCUT2D eigenvalue weighted by atomic mass is 9.99. The first-order valence-corrected chi connectivity index (χ1v) is 5.06. The smallest absolute Gasteiger partial charge is 0.216 e. The van der Waals surface area contributed by atoms with Gasteiger partial charge < -0.3 is 10.2 Å². The van der Waals surface area contributed by atoms with Gasteiger partial charge in [-0.25, -0.2) is 4.98 Å². The van der Waals surface area contributed by atoms with Crippen LogP contribution in [-0.2, 0) is 0 Å². The molecule has 2 unspecified atom stereocenters. The van der Waals surface area contributed by atoms with E-state index in [0.717, 1.165) is 0 Å². The Morgan fingerprint density at radius 2 is 2.29 bits per heavy atom. The van der Waals surface area contributed by atoms with Crippen LogP contribution >= 0.6 is 0 Å². The monoisotopic (exact) mass is 240 g/mol. The number of rotatable bonds is 5. The fourth-order valence-corrected chi connectivity index (χ4v) is 1.44. The van der Waals surface area contributed by atoms with Crippen molar-refractivity contribution in [3.05, 3.63) is 39.8 Å². The van der Waals surface area contributed by atoms with Crippen molar-refractivity contribution in [2.24, 2.45) is 5.11 Å². The van der Waals surface area contributed by atoms with Gasteiger partial charge in [0.1, 0.15) is 6.10 Å². The summed E-state index contributed by atoms with van der Waals surface area (Å²) in [6.45, 7) is 1.54. The summed E-state index contributed by atoms with van der Waals surface area (Å²) < 4.78 is 13.1. The van der Waals surface area contributed by atoms with Gasteiger partial charge in [-0.05, 0) is 30.5 Å². The molecule has 0 aromatic carbocycles. The zero-order chi connectivity index (χ0) is 12.8. The molecule has 0 bridgehead atoms. The molecule has 7 heteroatoms. The number of aliphatic hydroxyl groups is 2. The molecule has 0 amide bonds. The van der Waals surface area contributed by atoms with Crippen molar-refractivity contribution in [1.29, 1.82) is 0 Å². The SMILES string of the molecule is Cc1c(C(O)C(O)CCN=[N+]=[N-])ccnc1F. The third-order valence-electron chi connectivity index (χ3n) is 2.46. The van der Waals surface area contributed by atoms with Crippen molar-refractivity contribution >= 4 is 0 Å². The summed E-state index contributed by atoms with van der Waals surface area (Å²) in [4.78, 5) is 5.96. The van der Waals surface area contributed by atoms with E-state index in [1.165, 1.54) is 19.2 Å². The van der Waals surface area contributed by atoms with E-state index < -0.39 is 18.2 Å². The molecule has 0 aliphatic heterocycles. The van der Waals surface area contributed by atoms with E-state index in [-0.39, 0.29) is 24.1 Å². The molecule has 0 saturated heterocycles. The van der Waals surface area contributed by atoms with Crippen LogP contribution in [0.2, 0.25) is 0 Å². The third-order valence-corrected chi connectivity index (χ3v) is 2.46. The zero-order valence-corrected chi connectivity index (χ0v) is 9.28. The van der Waals surface area contributed by atoms with Crippen molar-refractivity contribution in [1.82, 2.24) is 4.98 Å². The molecule has 17 heavy (non-hydrogen) atoms. The summed E-state index contributed by atoms with van der Waals surface area (Å²) in [6.07, 6.45) is -1.00. The molecule has 2 N–H and O–H groups in total. The topological polar surface area (TPSA) is 102 Å². The Morgan fingerprint density at radius 1 is 1.59 bits per heavy atom. The molecule has 0 spiro atoms. The maximum atomic E-state index is 13.1. The minimum Gasteiger partial charge on any atom is -0.390 e. The fourth-order valence-electron chi connectivity index (χ4n) is 1.44. The minimum atomic E-state index is -1.22. The maximum Gasteiger partial charge on any atom is 0.216 e. The highest BCUT2D eigenvalue weighted by Crippen LogP contribution is 2.22. The molecule has 6 nitrogen and oxygen atoms in total. The van der Waals surface area contributed by atoms with E-state index in [2.05, 4.69) is 15.0 Å². The van der Waals surface area contributed by atoms with Crippen LogP contribution in [0.1, 0.15) is 23.7 Å². The standard InChI is InChI=1S/C10H13FN4O2/c1-6-7(2-4-13-10(6)11)9(17)8(16)3-5-14-15-12/h2,4,8-9,16-17H,3,5H2,1H3. The molecule has 1 heterocycles. The highest BCUT2D eigenvalue weighted by atomic mass is 19.1. The number of aliphatic hydroxyl groups excluding tert-OH is 2. The zero-order valence-electron chi connectivity index (χ0n) is 9.28. The Labute approximate surface area is 97.4 Å². The molecule has 1 aromatic rings. The van der Waals surface area contributed by atoms with E-state index in [9.17, 15) is 14.6 Å². The van der Waals surface area contributed by atoms with Gasteiger partial charge in [0.15, 0.2) is 0 Å². The molecule has 0 saturated carbocycles. The predicted octanol–water partition coefficient (Wildman–Crippen LogP) is 1.62. The van der Waals surface area contributed by atoms with E-state index in [1.807, 2.05) is 0 Å². The average molecular weight is 240 g/mol. The minimum absolute atomic E-state index is 0.0708. The van der Waals surface area contributed by atoms with Gasteiger partial charge in [-0.1, -0.05) is 5.11 Å². The van der Waals surface area contributed by atoms with Gasteiger partial charge in [0.25, 0.3) is 0 Å². The molecule has 2 atom stereocenters. The Morgan fingerprint density at radius 3 is 2.94 bits per heavy atom. The second-order valence-electron chi connectivity index (χ2n) is 3.57. The second-order valence-corrected chi connectivity index (χ2v) is 3.57. The summed E-state index contributed by atoms with van der Waals surface area (Å²) in [5, 5.41) is 22.7. The van der Waals surface area contributed by atoms with Crippen molar-refractivity contribution in [3.63, 3.8) is 0 Å². The molecule has 0 aliphatic carbocycles. The van der Waals surface area contributed by atoms with Crippen LogP contribution in [-0.4, -0.2) is 27.8 Å². The van der Waals surface area contributed by atoms with Crippen LogP contribution in [0.25, 0.3) is 10.4 Å². The normalized spacial score (nSPS) is 13.9. The van der Waals surface area contributed by atoms with Crippen molar-refractivity contribution in [2.45, 2.75) is 25.6 Å². The number of aromatic nitrogens is 1. The Kier molecular flexibility index (Phi) is 4.84. The number of halogens is 1. The van der Waals surface area contributed by atoms with E-state index in [0.29, 0.717) is 0 Å². The average Bonchev–Trinajstić information content (AvgIpc) is 2.32. The Balaban J connectivity index is 2.77. The molecule has 92 valence electrons. The van der Waals surface area contributed by atoms with Crippen molar-refractivity contribution in [2.75, 3.05) is 6.54 Å². The molecule has 0 aliphatic rings. The highest BCUT2D eigenvalue weighted by molar-refractivity contribution is 5.26. The van der Waals surface area contributed by atoms with E-state index in [1.54, 1.807) is 0 Å². The van der Waals surface area contributed by atoms with Crippen LogP contribution < -0.4 is 0 Å². The van der Waals surface area contributed by atoms with Gasteiger partial charge in [0.2, 0.25) is 5.95 Å². The Bertz CT molecular complexity index is 434. The van der Waals surface area contributed by atoms with Crippen LogP contribution in [0.15, 0.2) is 17.4 Å². The van der Waals surface area contributed by atoms with Gasteiger partial charge >= 0.3 is 0 Å². The van der Waals surface area contributed by atoms with Crippen molar-refractivity contribution in [3.8, 4) is 0 Å². The van der Waals surface area contributed by atoms with Crippen LogP contribution in [0.5, 0.6) is 0 Å². The van der Waals surface area contributed by atoms with Gasteiger partial charge in [0.05, 0.1) is 6.10 Å². The van der Waals surface area contributed by atoms with Gasteiger partial charge in [-0.15, -0.1) is 0 Å². The summed E-state index contributed by atoms with van der Waals surface area (Å²) >= 11 is 0. The fraction of sp³-hybridized carbons (Fsp3) is 0.500. The van der Waals surface area contributed by atoms with Crippen LogP contribution in [0.4, 0.5) is 4.39 Å². The number of pyridine rings is 1. The number of hydrogen-bond donors (Lipinski definition) is 2. The number of nitrogens with zero attached hydrogens (tertiary/aromatic N) is 4. The largest absolute Gasteiger partial charge is 0.390 e. The van der Waals surface area contributed by atoms with Crippen molar-refractivity contribution < 1.29 is 14.6 Å². The lowest BCUT2D eigenvalue weighted by Crippen LogP contribution is -2.20. The molecular formula is C10H13FN4O2. The summed E-state index contributed by atoms with van der Waals surface area (Å²) in [5.41, 5.74) is 8.55. The first-order valence-electron chi connectivity index (χ1n) is 5.06. The lowest BCUT2D eigenvalue weighted by Gasteiger charge is -2.19.